The Labute approximate surface area is 101 Å². The summed E-state index contributed by atoms with van der Waals surface area (Å²) in [5.41, 5.74) is 2.07. The highest BCUT2D eigenvalue weighted by atomic mass is 16.5. The molecule has 0 spiro atoms. The molecule has 1 rings (SSSR count). The molecule has 0 N–H and O–H groups in total. The van der Waals surface area contributed by atoms with E-state index in [2.05, 4.69) is 5.10 Å². The first-order valence-electron chi connectivity index (χ1n) is 5.59. The first-order valence-corrected chi connectivity index (χ1v) is 5.59. The molecule has 0 amide bonds. The molecule has 0 aliphatic carbocycles. The van der Waals surface area contributed by atoms with E-state index in [-0.39, 0.29) is 24.6 Å². The maximum Gasteiger partial charge on any atom is 0.174 e. The molecule has 0 bridgehead atoms. The number of carbonyl (C=O) groups is 2. The Kier molecular flexibility index (Phi) is 4.57. The van der Waals surface area contributed by atoms with Crippen molar-refractivity contribution in [2.75, 3.05) is 13.7 Å². The fourth-order valence-corrected chi connectivity index (χ4v) is 1.89. The van der Waals surface area contributed by atoms with Crippen molar-refractivity contribution in [3.63, 3.8) is 0 Å². The third kappa shape index (κ3) is 3.00. The fraction of sp³-hybridized carbons (Fsp3) is 0.583. The molecule has 1 aromatic heterocycles. The zero-order valence-corrected chi connectivity index (χ0v) is 10.7. The third-order valence-corrected chi connectivity index (χ3v) is 2.62. The van der Waals surface area contributed by atoms with E-state index in [0.29, 0.717) is 17.8 Å². The maximum absolute atomic E-state index is 12.0. The molecule has 0 aliphatic rings. The first kappa shape index (κ1) is 13.6. The second kappa shape index (κ2) is 5.72. The van der Waals surface area contributed by atoms with Crippen LogP contribution in [0.1, 0.15) is 35.1 Å². The Balaban J connectivity index is 2.89. The van der Waals surface area contributed by atoms with Crippen molar-refractivity contribution in [1.82, 2.24) is 9.78 Å². The number of aryl methyl sites for hydroxylation is 2. The molecule has 0 radical (unpaired) electrons. The van der Waals surface area contributed by atoms with Crippen LogP contribution in [0, 0.1) is 13.8 Å². The molecule has 5 nitrogen and oxygen atoms in total. The number of methoxy groups -OCH3 is 1. The van der Waals surface area contributed by atoms with Crippen molar-refractivity contribution in [3.8, 4) is 0 Å². The van der Waals surface area contributed by atoms with Gasteiger partial charge in [-0.15, -0.1) is 0 Å². The number of nitrogens with zero attached hydrogens (tertiary/aromatic N) is 2. The Morgan fingerprint density at radius 1 is 1.35 bits per heavy atom. The van der Waals surface area contributed by atoms with E-state index >= 15 is 0 Å². The molecule has 0 saturated heterocycles. The molecule has 0 atom stereocenters. The summed E-state index contributed by atoms with van der Waals surface area (Å²) in [5, 5.41) is 4.26. The van der Waals surface area contributed by atoms with Gasteiger partial charge in [0.05, 0.1) is 17.7 Å². The SMILES string of the molecule is CCn1nc(C)c(C(=O)CC(=O)COC)c1C. The predicted molar refractivity (Wildman–Crippen MR) is 63.2 cm³/mol. The van der Waals surface area contributed by atoms with Gasteiger partial charge in [-0.3, -0.25) is 14.3 Å². The van der Waals surface area contributed by atoms with E-state index in [4.69, 9.17) is 4.74 Å². The maximum atomic E-state index is 12.0. The van der Waals surface area contributed by atoms with Gasteiger partial charge < -0.3 is 4.74 Å². The Bertz CT molecular complexity index is 435. The van der Waals surface area contributed by atoms with Crippen LogP contribution in [0.3, 0.4) is 0 Å². The quantitative estimate of drug-likeness (QED) is 0.553. The van der Waals surface area contributed by atoms with E-state index in [9.17, 15) is 9.59 Å². The van der Waals surface area contributed by atoms with Crippen molar-refractivity contribution in [3.05, 3.63) is 17.0 Å². The molecule has 0 saturated carbocycles. The number of Topliss-reactive ketones (excluding diaryl/α,β-unsaturated/α-hetero) is 2. The van der Waals surface area contributed by atoms with Gasteiger partial charge in [-0.05, 0) is 20.8 Å². The molecular formula is C12H18N2O3. The molecule has 1 heterocycles. The molecule has 0 unspecified atom stereocenters. The summed E-state index contributed by atoms with van der Waals surface area (Å²) in [6, 6.07) is 0. The van der Waals surface area contributed by atoms with E-state index in [1.165, 1.54) is 7.11 Å². The van der Waals surface area contributed by atoms with Gasteiger partial charge in [0.15, 0.2) is 11.6 Å². The standard InChI is InChI=1S/C12H18N2O3/c1-5-14-9(3)12(8(2)13-14)11(16)6-10(15)7-17-4/h5-7H2,1-4H3. The molecule has 1 aromatic rings. The highest BCUT2D eigenvalue weighted by Gasteiger charge is 2.20. The van der Waals surface area contributed by atoms with Gasteiger partial charge >= 0.3 is 0 Å². The van der Waals surface area contributed by atoms with Crippen LogP contribution in [0.15, 0.2) is 0 Å². The Morgan fingerprint density at radius 3 is 2.47 bits per heavy atom. The number of carbonyl (C=O) groups excluding carboxylic acids is 2. The lowest BCUT2D eigenvalue weighted by Crippen LogP contribution is -2.14. The summed E-state index contributed by atoms with van der Waals surface area (Å²) in [4.78, 5) is 23.3. The van der Waals surface area contributed by atoms with Crippen molar-refractivity contribution in [2.24, 2.45) is 0 Å². The molecule has 0 aliphatic heterocycles. The van der Waals surface area contributed by atoms with E-state index in [1.807, 2.05) is 13.8 Å². The van der Waals surface area contributed by atoms with Crippen molar-refractivity contribution < 1.29 is 14.3 Å². The zero-order chi connectivity index (χ0) is 13.0. The average Bonchev–Trinajstić information content (AvgIpc) is 2.53. The van der Waals surface area contributed by atoms with Gasteiger partial charge in [-0.25, -0.2) is 0 Å². The monoisotopic (exact) mass is 238 g/mol. The number of hydrogen-bond acceptors (Lipinski definition) is 4. The van der Waals surface area contributed by atoms with E-state index in [1.54, 1.807) is 11.6 Å². The van der Waals surface area contributed by atoms with E-state index < -0.39 is 0 Å². The van der Waals surface area contributed by atoms with Crippen LogP contribution in [0.4, 0.5) is 0 Å². The van der Waals surface area contributed by atoms with Crippen LogP contribution < -0.4 is 0 Å². The summed E-state index contributed by atoms with van der Waals surface area (Å²) in [6.45, 7) is 6.28. The van der Waals surface area contributed by atoms with Gasteiger partial charge in [-0.1, -0.05) is 0 Å². The molecule has 5 heteroatoms. The Morgan fingerprint density at radius 2 is 2.00 bits per heavy atom. The zero-order valence-electron chi connectivity index (χ0n) is 10.7. The number of hydrogen-bond donors (Lipinski definition) is 0. The number of aromatic nitrogens is 2. The summed E-state index contributed by atoms with van der Waals surface area (Å²) < 4.78 is 6.47. The summed E-state index contributed by atoms with van der Waals surface area (Å²) in [7, 11) is 1.44. The third-order valence-electron chi connectivity index (χ3n) is 2.62. The van der Waals surface area contributed by atoms with Gasteiger partial charge in [0.1, 0.15) is 6.61 Å². The summed E-state index contributed by atoms with van der Waals surface area (Å²) in [5.74, 6) is -0.387. The normalized spacial score (nSPS) is 10.6. The minimum atomic E-state index is -0.208. The summed E-state index contributed by atoms with van der Waals surface area (Å²) >= 11 is 0. The lowest BCUT2D eigenvalue weighted by molar-refractivity contribution is -0.121. The fourth-order valence-electron chi connectivity index (χ4n) is 1.89. The molecule has 0 aromatic carbocycles. The Hall–Kier alpha value is -1.49. The van der Waals surface area contributed by atoms with Crippen LogP contribution in [-0.4, -0.2) is 35.1 Å². The second-order valence-corrected chi connectivity index (χ2v) is 3.93. The van der Waals surface area contributed by atoms with Crippen LogP contribution in [0.2, 0.25) is 0 Å². The molecular weight excluding hydrogens is 220 g/mol. The van der Waals surface area contributed by atoms with Gasteiger partial charge in [0.25, 0.3) is 0 Å². The van der Waals surface area contributed by atoms with Crippen LogP contribution in [0.5, 0.6) is 0 Å². The highest BCUT2D eigenvalue weighted by molar-refractivity contribution is 6.09. The molecule has 0 fully saturated rings. The van der Waals surface area contributed by atoms with Gasteiger partial charge in [0.2, 0.25) is 0 Å². The predicted octanol–water partition coefficient (Wildman–Crippen LogP) is 1.31. The smallest absolute Gasteiger partial charge is 0.174 e. The number of ether oxygens (including phenoxy) is 1. The van der Waals surface area contributed by atoms with Crippen molar-refractivity contribution in [2.45, 2.75) is 33.7 Å². The number of ketones is 2. The molecule has 94 valence electrons. The highest BCUT2D eigenvalue weighted by Crippen LogP contribution is 2.15. The largest absolute Gasteiger partial charge is 0.377 e. The van der Waals surface area contributed by atoms with Crippen LogP contribution in [0.25, 0.3) is 0 Å². The first-order chi connectivity index (χ1) is 8.01. The van der Waals surface area contributed by atoms with Crippen molar-refractivity contribution in [1.29, 1.82) is 0 Å². The minimum absolute atomic E-state index is 0.0221. The van der Waals surface area contributed by atoms with E-state index in [0.717, 1.165) is 5.69 Å². The number of rotatable bonds is 6. The van der Waals surface area contributed by atoms with Crippen molar-refractivity contribution >= 4 is 11.6 Å². The topological polar surface area (TPSA) is 61.2 Å². The molecule has 17 heavy (non-hydrogen) atoms. The van der Waals surface area contributed by atoms with Crippen LogP contribution >= 0.6 is 0 Å². The van der Waals surface area contributed by atoms with Crippen LogP contribution in [-0.2, 0) is 16.1 Å². The minimum Gasteiger partial charge on any atom is -0.377 e. The lowest BCUT2D eigenvalue weighted by Gasteiger charge is -2.02. The van der Waals surface area contributed by atoms with Gasteiger partial charge in [0, 0.05) is 19.3 Å². The van der Waals surface area contributed by atoms with Gasteiger partial charge in [-0.2, -0.15) is 5.10 Å². The lowest BCUT2D eigenvalue weighted by atomic mass is 10.0. The summed E-state index contributed by atoms with van der Waals surface area (Å²) in [6.07, 6.45) is -0.120. The second-order valence-electron chi connectivity index (χ2n) is 3.93. The average molecular weight is 238 g/mol.